The molecule has 0 saturated heterocycles. The van der Waals surface area contributed by atoms with Crippen LogP contribution >= 0.6 is 0 Å². The zero-order valence-electron chi connectivity index (χ0n) is 14.7. The van der Waals surface area contributed by atoms with Gasteiger partial charge in [-0.05, 0) is 32.9 Å². The molecule has 0 radical (unpaired) electrons. The van der Waals surface area contributed by atoms with E-state index >= 15 is 0 Å². The number of nitrogens with zero attached hydrogens (tertiary/aromatic N) is 4. The molecule has 6 heteroatoms. The van der Waals surface area contributed by atoms with Crippen LogP contribution < -0.4 is 10.2 Å². The smallest absolute Gasteiger partial charge is 0.274 e. The van der Waals surface area contributed by atoms with Crippen LogP contribution in [0.2, 0.25) is 0 Å². The van der Waals surface area contributed by atoms with Gasteiger partial charge in [-0.15, -0.1) is 0 Å². The normalized spacial score (nSPS) is 10.7. The molecular weight excluding hydrogens is 314 g/mol. The van der Waals surface area contributed by atoms with Gasteiger partial charge in [-0.1, -0.05) is 18.2 Å². The van der Waals surface area contributed by atoms with Crippen molar-refractivity contribution in [2.75, 3.05) is 23.3 Å². The van der Waals surface area contributed by atoms with E-state index in [1.807, 2.05) is 30.3 Å². The number of hydrogen-bond acceptors (Lipinski definition) is 5. The standard InChI is InChI=1S/C19H21N5O/c1-4-24(5-2)17-12-16(21-13(3)22-17)19(25)23-15-10-6-8-14-9-7-11-20-18(14)15/h6-12H,4-5H2,1-3H3,(H,23,25). The van der Waals surface area contributed by atoms with E-state index in [-0.39, 0.29) is 5.91 Å². The van der Waals surface area contributed by atoms with E-state index < -0.39 is 0 Å². The molecule has 0 atom stereocenters. The van der Waals surface area contributed by atoms with Crippen LogP contribution in [0.15, 0.2) is 42.6 Å². The molecule has 1 N–H and O–H groups in total. The van der Waals surface area contributed by atoms with Crippen LogP contribution in [0.3, 0.4) is 0 Å². The summed E-state index contributed by atoms with van der Waals surface area (Å²) in [5.41, 5.74) is 1.78. The van der Waals surface area contributed by atoms with E-state index in [0.717, 1.165) is 29.8 Å². The Morgan fingerprint density at radius 3 is 2.64 bits per heavy atom. The molecule has 0 bridgehead atoms. The van der Waals surface area contributed by atoms with E-state index in [1.54, 1.807) is 19.2 Å². The Hall–Kier alpha value is -3.02. The Morgan fingerprint density at radius 2 is 1.88 bits per heavy atom. The third-order valence-corrected chi connectivity index (χ3v) is 4.03. The van der Waals surface area contributed by atoms with Crippen LogP contribution in [0, 0.1) is 6.92 Å². The van der Waals surface area contributed by atoms with Crippen LogP contribution in [-0.2, 0) is 0 Å². The first-order chi connectivity index (χ1) is 12.1. The third-order valence-electron chi connectivity index (χ3n) is 4.03. The van der Waals surface area contributed by atoms with Gasteiger partial charge in [-0.25, -0.2) is 9.97 Å². The summed E-state index contributed by atoms with van der Waals surface area (Å²) in [6.07, 6.45) is 1.71. The summed E-state index contributed by atoms with van der Waals surface area (Å²) in [5.74, 6) is 1.07. The largest absolute Gasteiger partial charge is 0.357 e. The highest BCUT2D eigenvalue weighted by Crippen LogP contribution is 2.21. The average molecular weight is 335 g/mol. The van der Waals surface area contributed by atoms with E-state index in [9.17, 15) is 4.79 Å². The summed E-state index contributed by atoms with van der Waals surface area (Å²) in [6, 6.07) is 11.3. The van der Waals surface area contributed by atoms with Crippen LogP contribution in [0.25, 0.3) is 10.9 Å². The van der Waals surface area contributed by atoms with E-state index in [0.29, 0.717) is 17.2 Å². The first-order valence-corrected chi connectivity index (χ1v) is 8.38. The molecule has 1 amide bonds. The molecule has 0 fully saturated rings. The summed E-state index contributed by atoms with van der Waals surface area (Å²) in [7, 11) is 0. The molecule has 0 spiro atoms. The lowest BCUT2D eigenvalue weighted by Crippen LogP contribution is -2.25. The molecule has 0 aliphatic heterocycles. The van der Waals surface area contributed by atoms with Gasteiger partial charge in [0, 0.05) is 30.7 Å². The molecule has 3 rings (SSSR count). The quantitative estimate of drug-likeness (QED) is 0.773. The Balaban J connectivity index is 1.93. The van der Waals surface area contributed by atoms with Gasteiger partial charge < -0.3 is 10.2 Å². The van der Waals surface area contributed by atoms with Gasteiger partial charge in [-0.3, -0.25) is 9.78 Å². The number of hydrogen-bond donors (Lipinski definition) is 1. The molecule has 3 aromatic rings. The monoisotopic (exact) mass is 335 g/mol. The maximum Gasteiger partial charge on any atom is 0.274 e. The number of carbonyl (C=O) groups is 1. The van der Waals surface area contributed by atoms with Crippen molar-refractivity contribution in [2.24, 2.45) is 0 Å². The second-order valence-electron chi connectivity index (χ2n) is 5.67. The number of carbonyl (C=O) groups excluding carboxylic acids is 1. The first-order valence-electron chi connectivity index (χ1n) is 8.38. The lowest BCUT2D eigenvalue weighted by atomic mass is 10.2. The number of benzene rings is 1. The number of nitrogens with one attached hydrogen (secondary N) is 1. The van der Waals surface area contributed by atoms with Gasteiger partial charge in [0.2, 0.25) is 0 Å². The highest BCUT2D eigenvalue weighted by molar-refractivity contribution is 6.07. The molecule has 2 heterocycles. The molecule has 0 unspecified atom stereocenters. The van der Waals surface area contributed by atoms with E-state index in [1.165, 1.54) is 0 Å². The highest BCUT2D eigenvalue weighted by Gasteiger charge is 2.14. The van der Waals surface area contributed by atoms with Crippen molar-refractivity contribution in [1.29, 1.82) is 0 Å². The summed E-state index contributed by atoms with van der Waals surface area (Å²) < 4.78 is 0. The molecular formula is C19H21N5O. The maximum absolute atomic E-state index is 12.7. The third kappa shape index (κ3) is 3.57. The van der Waals surface area contributed by atoms with Crippen LogP contribution in [0.1, 0.15) is 30.2 Å². The summed E-state index contributed by atoms with van der Waals surface area (Å²) in [6.45, 7) is 7.55. The van der Waals surface area contributed by atoms with Gasteiger partial charge in [0.1, 0.15) is 17.3 Å². The first kappa shape index (κ1) is 16.8. The number of aryl methyl sites for hydroxylation is 1. The van der Waals surface area contributed by atoms with Gasteiger partial charge in [0.15, 0.2) is 0 Å². The summed E-state index contributed by atoms with van der Waals surface area (Å²) in [4.78, 5) is 27.9. The van der Waals surface area contributed by atoms with Crippen molar-refractivity contribution in [2.45, 2.75) is 20.8 Å². The number of amides is 1. The van der Waals surface area contributed by atoms with Crippen molar-refractivity contribution in [1.82, 2.24) is 15.0 Å². The zero-order chi connectivity index (χ0) is 17.8. The Kier molecular flexibility index (Phi) is 4.88. The van der Waals surface area contributed by atoms with Crippen molar-refractivity contribution >= 4 is 28.3 Å². The fourth-order valence-corrected chi connectivity index (χ4v) is 2.77. The molecule has 25 heavy (non-hydrogen) atoms. The Bertz CT molecular complexity index is 900. The number of aromatic nitrogens is 3. The predicted octanol–water partition coefficient (Wildman–Crippen LogP) is 3.43. The average Bonchev–Trinajstić information content (AvgIpc) is 2.62. The van der Waals surface area contributed by atoms with Gasteiger partial charge >= 0.3 is 0 Å². The fraction of sp³-hybridized carbons (Fsp3) is 0.263. The number of anilines is 2. The van der Waals surface area contributed by atoms with Crippen molar-refractivity contribution in [3.63, 3.8) is 0 Å². The molecule has 1 aromatic carbocycles. The second-order valence-corrected chi connectivity index (χ2v) is 5.67. The number of para-hydroxylation sites is 1. The number of pyridine rings is 1. The summed E-state index contributed by atoms with van der Waals surface area (Å²) >= 11 is 0. The topological polar surface area (TPSA) is 71.0 Å². The minimum Gasteiger partial charge on any atom is -0.357 e. The Morgan fingerprint density at radius 1 is 1.12 bits per heavy atom. The molecule has 128 valence electrons. The van der Waals surface area contributed by atoms with E-state index in [4.69, 9.17) is 0 Å². The Labute approximate surface area is 146 Å². The molecule has 0 saturated carbocycles. The van der Waals surface area contributed by atoms with Crippen LogP contribution in [0.5, 0.6) is 0 Å². The van der Waals surface area contributed by atoms with Gasteiger partial charge in [0.05, 0.1) is 11.2 Å². The van der Waals surface area contributed by atoms with Crippen molar-refractivity contribution < 1.29 is 4.79 Å². The lowest BCUT2D eigenvalue weighted by molar-refractivity contribution is 0.102. The molecule has 6 nitrogen and oxygen atoms in total. The minimum atomic E-state index is -0.267. The molecule has 0 aliphatic rings. The fourth-order valence-electron chi connectivity index (χ4n) is 2.77. The van der Waals surface area contributed by atoms with Crippen LogP contribution in [0.4, 0.5) is 11.5 Å². The van der Waals surface area contributed by atoms with Crippen molar-refractivity contribution in [3.8, 4) is 0 Å². The highest BCUT2D eigenvalue weighted by atomic mass is 16.1. The summed E-state index contributed by atoms with van der Waals surface area (Å²) in [5, 5.41) is 3.90. The second kappa shape index (κ2) is 7.25. The molecule has 2 aromatic heterocycles. The predicted molar refractivity (Wildman–Crippen MR) is 100 cm³/mol. The number of fused-ring (bicyclic) bond motifs is 1. The lowest BCUT2D eigenvalue weighted by Gasteiger charge is -2.20. The van der Waals surface area contributed by atoms with Gasteiger partial charge in [0.25, 0.3) is 5.91 Å². The minimum absolute atomic E-state index is 0.267. The number of rotatable bonds is 5. The van der Waals surface area contributed by atoms with E-state index in [2.05, 4.69) is 39.0 Å². The SMILES string of the molecule is CCN(CC)c1cc(C(=O)Nc2cccc3cccnc23)nc(C)n1. The van der Waals surface area contributed by atoms with Gasteiger partial charge in [-0.2, -0.15) is 0 Å². The maximum atomic E-state index is 12.7. The zero-order valence-corrected chi connectivity index (χ0v) is 14.7. The van der Waals surface area contributed by atoms with Crippen molar-refractivity contribution in [3.05, 3.63) is 54.1 Å². The van der Waals surface area contributed by atoms with Crippen LogP contribution in [-0.4, -0.2) is 33.9 Å². The molecule has 0 aliphatic carbocycles.